The lowest BCUT2D eigenvalue weighted by Gasteiger charge is -2.26. The van der Waals surface area contributed by atoms with Crippen molar-refractivity contribution in [2.24, 2.45) is 11.8 Å². The van der Waals surface area contributed by atoms with Crippen LogP contribution >= 0.6 is 0 Å². The van der Waals surface area contributed by atoms with E-state index in [2.05, 4.69) is 46.9 Å². The highest BCUT2D eigenvalue weighted by atomic mass is 15.1. The molecule has 0 amide bonds. The molecule has 0 aliphatic carbocycles. The van der Waals surface area contributed by atoms with Crippen LogP contribution in [0.15, 0.2) is 0 Å². The van der Waals surface area contributed by atoms with E-state index in [1.54, 1.807) is 0 Å². The summed E-state index contributed by atoms with van der Waals surface area (Å²) < 4.78 is 0. The molecule has 66 valence electrons. The van der Waals surface area contributed by atoms with E-state index >= 15 is 0 Å². The molecular weight excluding hydrogens is 134 g/mol. The van der Waals surface area contributed by atoms with Gasteiger partial charge in [0, 0.05) is 11.1 Å². The number of hydrogen-bond acceptors (Lipinski definition) is 1. The number of nitrogens with one attached hydrogen (secondary N) is 1. The van der Waals surface area contributed by atoms with Gasteiger partial charge in [-0.1, -0.05) is 13.8 Å². The molecule has 0 aromatic rings. The molecule has 1 saturated heterocycles. The Morgan fingerprint density at radius 1 is 0.818 bits per heavy atom. The van der Waals surface area contributed by atoms with E-state index in [9.17, 15) is 0 Å². The Labute approximate surface area is 70.6 Å². The van der Waals surface area contributed by atoms with Gasteiger partial charge < -0.3 is 5.32 Å². The zero-order valence-corrected chi connectivity index (χ0v) is 8.65. The van der Waals surface area contributed by atoms with E-state index < -0.39 is 0 Å². The van der Waals surface area contributed by atoms with Crippen LogP contribution in [0.4, 0.5) is 0 Å². The monoisotopic (exact) mass is 155 g/mol. The van der Waals surface area contributed by atoms with Crippen LogP contribution in [0.25, 0.3) is 0 Å². The third kappa shape index (κ3) is 1.31. The quantitative estimate of drug-likeness (QED) is 0.566. The number of rotatable bonds is 0. The smallest absolute Gasteiger partial charge is 0.0158 e. The first-order valence-electron chi connectivity index (χ1n) is 4.57. The van der Waals surface area contributed by atoms with Crippen LogP contribution in [0.1, 0.15) is 41.5 Å². The minimum atomic E-state index is 0.308. The number of hydrogen-bond donors (Lipinski definition) is 1. The second-order valence-corrected chi connectivity index (χ2v) is 5.15. The molecular formula is C10H21N. The minimum absolute atomic E-state index is 0.308. The van der Waals surface area contributed by atoms with E-state index in [-0.39, 0.29) is 0 Å². The van der Waals surface area contributed by atoms with Gasteiger partial charge in [-0.3, -0.25) is 0 Å². The predicted octanol–water partition coefficient (Wildman–Crippen LogP) is 2.42. The van der Waals surface area contributed by atoms with Gasteiger partial charge in [-0.05, 0) is 39.5 Å². The molecule has 11 heavy (non-hydrogen) atoms. The SMILES string of the molecule is CC1C(C)C(C)(C)NC1(C)C. The Morgan fingerprint density at radius 2 is 1.09 bits per heavy atom. The summed E-state index contributed by atoms with van der Waals surface area (Å²) >= 11 is 0. The molecule has 1 aliphatic rings. The average molecular weight is 155 g/mol. The summed E-state index contributed by atoms with van der Waals surface area (Å²) in [5.74, 6) is 1.52. The van der Waals surface area contributed by atoms with Crippen molar-refractivity contribution in [3.8, 4) is 0 Å². The molecule has 1 fully saturated rings. The lowest BCUT2D eigenvalue weighted by atomic mass is 9.80. The molecule has 1 N–H and O–H groups in total. The molecule has 1 heterocycles. The molecule has 1 rings (SSSR count). The molecule has 0 saturated carbocycles. The van der Waals surface area contributed by atoms with E-state index in [0.717, 1.165) is 11.8 Å². The van der Waals surface area contributed by atoms with Crippen molar-refractivity contribution in [1.29, 1.82) is 0 Å². The van der Waals surface area contributed by atoms with Crippen molar-refractivity contribution in [2.75, 3.05) is 0 Å². The van der Waals surface area contributed by atoms with Crippen LogP contribution in [0, 0.1) is 11.8 Å². The maximum atomic E-state index is 3.67. The Morgan fingerprint density at radius 3 is 1.18 bits per heavy atom. The third-order valence-electron chi connectivity index (χ3n) is 3.67. The molecule has 0 aromatic carbocycles. The van der Waals surface area contributed by atoms with E-state index in [4.69, 9.17) is 0 Å². The van der Waals surface area contributed by atoms with Crippen LogP contribution in [0.2, 0.25) is 0 Å². The fourth-order valence-electron chi connectivity index (χ4n) is 2.31. The molecule has 0 radical (unpaired) electrons. The Bertz CT molecular complexity index is 140. The van der Waals surface area contributed by atoms with Crippen molar-refractivity contribution in [1.82, 2.24) is 5.32 Å². The molecule has 1 nitrogen and oxygen atoms in total. The Kier molecular flexibility index (Phi) is 1.83. The summed E-state index contributed by atoms with van der Waals surface area (Å²) in [6.07, 6.45) is 0. The highest BCUT2D eigenvalue weighted by Crippen LogP contribution is 2.40. The van der Waals surface area contributed by atoms with Gasteiger partial charge in [0.1, 0.15) is 0 Å². The maximum absolute atomic E-state index is 3.67. The second kappa shape index (κ2) is 2.22. The second-order valence-electron chi connectivity index (χ2n) is 5.15. The zero-order chi connectivity index (χ0) is 8.86. The van der Waals surface area contributed by atoms with Gasteiger partial charge in [0.25, 0.3) is 0 Å². The fourth-order valence-corrected chi connectivity index (χ4v) is 2.31. The van der Waals surface area contributed by atoms with Crippen molar-refractivity contribution < 1.29 is 0 Å². The molecule has 2 atom stereocenters. The van der Waals surface area contributed by atoms with Crippen molar-refractivity contribution >= 4 is 0 Å². The summed E-state index contributed by atoms with van der Waals surface area (Å²) in [6, 6.07) is 0. The summed E-state index contributed by atoms with van der Waals surface area (Å²) in [5.41, 5.74) is 0.617. The van der Waals surface area contributed by atoms with Gasteiger partial charge in [0.15, 0.2) is 0 Å². The van der Waals surface area contributed by atoms with Crippen LogP contribution < -0.4 is 5.32 Å². The van der Waals surface area contributed by atoms with Crippen LogP contribution in [0.3, 0.4) is 0 Å². The van der Waals surface area contributed by atoms with Crippen LogP contribution in [-0.2, 0) is 0 Å². The summed E-state index contributed by atoms with van der Waals surface area (Å²) in [5, 5.41) is 3.67. The minimum Gasteiger partial charge on any atom is -0.306 e. The van der Waals surface area contributed by atoms with Crippen molar-refractivity contribution in [3.05, 3.63) is 0 Å². The van der Waals surface area contributed by atoms with Gasteiger partial charge in [-0.25, -0.2) is 0 Å². The molecule has 1 heteroatoms. The third-order valence-corrected chi connectivity index (χ3v) is 3.67. The topological polar surface area (TPSA) is 12.0 Å². The molecule has 2 unspecified atom stereocenters. The van der Waals surface area contributed by atoms with Gasteiger partial charge in [0.2, 0.25) is 0 Å². The van der Waals surface area contributed by atoms with Gasteiger partial charge in [0.05, 0.1) is 0 Å². The van der Waals surface area contributed by atoms with E-state index in [0.29, 0.717) is 11.1 Å². The van der Waals surface area contributed by atoms with Gasteiger partial charge in [-0.15, -0.1) is 0 Å². The first-order valence-corrected chi connectivity index (χ1v) is 4.57. The largest absolute Gasteiger partial charge is 0.306 e. The molecule has 1 aliphatic heterocycles. The van der Waals surface area contributed by atoms with E-state index in [1.807, 2.05) is 0 Å². The van der Waals surface area contributed by atoms with Crippen LogP contribution in [-0.4, -0.2) is 11.1 Å². The average Bonchev–Trinajstić information content (AvgIpc) is 1.91. The van der Waals surface area contributed by atoms with Gasteiger partial charge >= 0.3 is 0 Å². The molecule has 0 bridgehead atoms. The molecule has 0 aromatic heterocycles. The first-order chi connectivity index (χ1) is 4.77. The Hall–Kier alpha value is -0.0400. The fraction of sp³-hybridized carbons (Fsp3) is 1.00. The molecule has 0 spiro atoms. The highest BCUT2D eigenvalue weighted by molar-refractivity contribution is 5.05. The van der Waals surface area contributed by atoms with Crippen molar-refractivity contribution in [2.45, 2.75) is 52.6 Å². The summed E-state index contributed by atoms with van der Waals surface area (Å²) in [6.45, 7) is 13.9. The first kappa shape index (κ1) is 9.05. The Balaban J connectivity index is 2.86. The zero-order valence-electron chi connectivity index (χ0n) is 8.65. The van der Waals surface area contributed by atoms with Crippen molar-refractivity contribution in [3.63, 3.8) is 0 Å². The maximum Gasteiger partial charge on any atom is 0.0158 e. The lowest BCUT2D eigenvalue weighted by Crippen LogP contribution is -2.45. The normalized spacial score (nSPS) is 40.9. The van der Waals surface area contributed by atoms with Gasteiger partial charge in [-0.2, -0.15) is 0 Å². The highest BCUT2D eigenvalue weighted by Gasteiger charge is 2.46. The summed E-state index contributed by atoms with van der Waals surface area (Å²) in [7, 11) is 0. The van der Waals surface area contributed by atoms with E-state index in [1.165, 1.54) is 0 Å². The lowest BCUT2D eigenvalue weighted by molar-refractivity contribution is 0.314. The predicted molar refractivity (Wildman–Crippen MR) is 49.6 cm³/mol. The standard InChI is InChI=1S/C10H21N/c1-7-8(2)10(5,6)11-9(7,3)4/h7-8,11H,1-6H3. The summed E-state index contributed by atoms with van der Waals surface area (Å²) in [4.78, 5) is 0. The van der Waals surface area contributed by atoms with Crippen LogP contribution in [0.5, 0.6) is 0 Å².